The molecule has 0 aliphatic carbocycles. The minimum atomic E-state index is -0.851. The fourth-order valence-corrected chi connectivity index (χ4v) is 2.40. The van der Waals surface area contributed by atoms with Gasteiger partial charge in [0.25, 0.3) is 0 Å². The molecule has 1 aromatic carbocycles. The molecule has 8 heteroatoms. The summed E-state index contributed by atoms with van der Waals surface area (Å²) in [6, 6.07) is 6.79. The van der Waals surface area contributed by atoms with Crippen LogP contribution in [0.4, 0.5) is 9.18 Å². The Kier molecular flexibility index (Phi) is 6.24. The second-order valence-corrected chi connectivity index (χ2v) is 5.90. The maximum Gasteiger partial charge on any atom is 0.318 e. The number of rotatable bonds is 7. The highest BCUT2D eigenvalue weighted by atomic mass is 19.1. The van der Waals surface area contributed by atoms with E-state index in [9.17, 15) is 14.0 Å². The van der Waals surface area contributed by atoms with Crippen molar-refractivity contribution in [1.29, 1.82) is 0 Å². The molecule has 1 atom stereocenters. The molecule has 0 aliphatic rings. The lowest BCUT2D eigenvalue weighted by Crippen LogP contribution is -2.47. The number of likely N-dealkylation sites (N-methyl/N-ethyl adjacent to an activating group) is 1. The fourth-order valence-electron chi connectivity index (χ4n) is 2.40. The maximum atomic E-state index is 13.0. The summed E-state index contributed by atoms with van der Waals surface area (Å²) >= 11 is 0. The second kappa shape index (κ2) is 8.39. The van der Waals surface area contributed by atoms with Gasteiger partial charge >= 0.3 is 6.03 Å². The van der Waals surface area contributed by atoms with Gasteiger partial charge in [-0.25, -0.2) is 9.18 Å². The van der Waals surface area contributed by atoms with E-state index in [1.54, 1.807) is 19.1 Å². The van der Waals surface area contributed by atoms with E-state index in [1.807, 2.05) is 18.0 Å². The van der Waals surface area contributed by atoms with Crippen molar-refractivity contribution in [3.63, 3.8) is 0 Å². The van der Waals surface area contributed by atoms with Gasteiger partial charge in [-0.1, -0.05) is 0 Å². The molecule has 0 fully saturated rings. The number of aromatic amines is 1. The molecule has 0 saturated carbocycles. The van der Waals surface area contributed by atoms with Gasteiger partial charge in [0, 0.05) is 11.3 Å². The number of hydrogen-bond donors (Lipinski definition) is 3. The first-order valence-electron chi connectivity index (χ1n) is 7.97. The van der Waals surface area contributed by atoms with Crippen molar-refractivity contribution in [2.24, 2.45) is 5.73 Å². The van der Waals surface area contributed by atoms with Crippen molar-refractivity contribution < 1.29 is 14.0 Å². The Hall–Kier alpha value is -2.74. The van der Waals surface area contributed by atoms with Crippen LogP contribution in [-0.4, -0.2) is 46.7 Å². The summed E-state index contributed by atoms with van der Waals surface area (Å²) in [5.74, 6) is -0.702. The summed E-state index contributed by atoms with van der Waals surface area (Å²) in [6.07, 6.45) is 1.55. The molecule has 25 heavy (non-hydrogen) atoms. The monoisotopic (exact) mass is 347 g/mol. The molecule has 1 heterocycles. The first kappa shape index (κ1) is 18.6. The number of amides is 3. The van der Waals surface area contributed by atoms with Crippen LogP contribution in [0.1, 0.15) is 19.0 Å². The van der Waals surface area contributed by atoms with Crippen molar-refractivity contribution in [3.05, 3.63) is 41.8 Å². The smallest absolute Gasteiger partial charge is 0.318 e. The van der Waals surface area contributed by atoms with E-state index in [2.05, 4.69) is 15.5 Å². The molecule has 1 unspecified atom stereocenters. The molecule has 7 nitrogen and oxygen atoms in total. The van der Waals surface area contributed by atoms with E-state index >= 15 is 0 Å². The predicted octanol–water partition coefficient (Wildman–Crippen LogP) is 1.66. The Balaban J connectivity index is 1.83. The number of benzene rings is 1. The number of carbonyl (C=O) groups excluding carboxylic acids is 2. The number of H-pyrrole nitrogens is 1. The molecule has 0 radical (unpaired) electrons. The standard InChI is InChI=1S/C17H22FN5O2/c1-11(16(24)20-17(19)25)23(2)9-3-4-14-10-15(22-21-14)12-5-7-13(18)8-6-12/h5-8,10-11H,3-4,9H2,1-2H3,(H,21,22)(H3,19,20,24,25). The van der Waals surface area contributed by atoms with Gasteiger partial charge in [0.15, 0.2) is 0 Å². The number of nitrogens with zero attached hydrogens (tertiary/aromatic N) is 2. The van der Waals surface area contributed by atoms with Gasteiger partial charge in [-0.15, -0.1) is 0 Å². The van der Waals surface area contributed by atoms with Crippen LogP contribution < -0.4 is 11.1 Å². The van der Waals surface area contributed by atoms with E-state index in [-0.39, 0.29) is 5.82 Å². The number of carbonyl (C=O) groups is 2. The van der Waals surface area contributed by atoms with Crippen LogP contribution in [0.15, 0.2) is 30.3 Å². The van der Waals surface area contributed by atoms with Crippen LogP contribution in [0, 0.1) is 5.82 Å². The molecule has 1 aromatic heterocycles. The molecule has 134 valence electrons. The van der Waals surface area contributed by atoms with Gasteiger partial charge in [-0.2, -0.15) is 5.10 Å². The third-order valence-corrected chi connectivity index (χ3v) is 4.01. The van der Waals surface area contributed by atoms with Crippen LogP contribution in [0.5, 0.6) is 0 Å². The molecule has 0 spiro atoms. The van der Waals surface area contributed by atoms with Crippen molar-refractivity contribution in [2.45, 2.75) is 25.8 Å². The number of urea groups is 1. The van der Waals surface area contributed by atoms with Gasteiger partial charge in [0.2, 0.25) is 5.91 Å². The highest BCUT2D eigenvalue weighted by molar-refractivity contribution is 5.96. The van der Waals surface area contributed by atoms with Crippen molar-refractivity contribution in [3.8, 4) is 11.3 Å². The van der Waals surface area contributed by atoms with Crippen LogP contribution >= 0.6 is 0 Å². The number of primary amides is 1. The van der Waals surface area contributed by atoms with E-state index in [4.69, 9.17) is 5.73 Å². The molecule has 0 aliphatic heterocycles. The summed E-state index contributed by atoms with van der Waals surface area (Å²) in [7, 11) is 1.81. The highest BCUT2D eigenvalue weighted by Gasteiger charge is 2.18. The topological polar surface area (TPSA) is 104 Å². The summed E-state index contributed by atoms with van der Waals surface area (Å²) in [5, 5.41) is 9.27. The molecule has 2 rings (SSSR count). The number of halogens is 1. The normalized spacial score (nSPS) is 12.2. The number of nitrogens with one attached hydrogen (secondary N) is 2. The maximum absolute atomic E-state index is 13.0. The first-order valence-corrected chi connectivity index (χ1v) is 7.97. The van der Waals surface area contributed by atoms with Gasteiger partial charge in [-0.05, 0) is 63.7 Å². The lowest BCUT2D eigenvalue weighted by atomic mass is 10.1. The van der Waals surface area contributed by atoms with Gasteiger partial charge in [-0.3, -0.25) is 20.1 Å². The van der Waals surface area contributed by atoms with Gasteiger partial charge in [0.1, 0.15) is 5.82 Å². The van der Waals surface area contributed by atoms with E-state index < -0.39 is 18.0 Å². The van der Waals surface area contributed by atoms with E-state index in [0.29, 0.717) is 6.54 Å². The Labute approximate surface area is 145 Å². The van der Waals surface area contributed by atoms with Crippen LogP contribution in [0.3, 0.4) is 0 Å². The number of imide groups is 1. The SMILES string of the molecule is CC(C(=O)NC(N)=O)N(C)CCCc1cc(-c2ccc(F)cc2)n[nH]1. The zero-order valence-electron chi connectivity index (χ0n) is 14.3. The van der Waals surface area contributed by atoms with E-state index in [0.717, 1.165) is 29.8 Å². The fraction of sp³-hybridized carbons (Fsp3) is 0.353. The number of aromatic nitrogens is 2. The van der Waals surface area contributed by atoms with Crippen molar-refractivity contribution >= 4 is 11.9 Å². The lowest BCUT2D eigenvalue weighted by Gasteiger charge is -2.22. The van der Waals surface area contributed by atoms with Gasteiger partial charge in [0.05, 0.1) is 11.7 Å². The molecule has 3 amide bonds. The highest BCUT2D eigenvalue weighted by Crippen LogP contribution is 2.18. The second-order valence-electron chi connectivity index (χ2n) is 5.90. The number of hydrogen-bond acceptors (Lipinski definition) is 4. The Bertz CT molecular complexity index is 729. The first-order chi connectivity index (χ1) is 11.9. The molecule has 4 N–H and O–H groups in total. The average Bonchev–Trinajstić information content (AvgIpc) is 3.03. The molecular formula is C17H22FN5O2. The lowest BCUT2D eigenvalue weighted by molar-refractivity contribution is -0.124. The van der Waals surface area contributed by atoms with Crippen molar-refractivity contribution in [1.82, 2.24) is 20.4 Å². The predicted molar refractivity (Wildman–Crippen MR) is 92.1 cm³/mol. The zero-order chi connectivity index (χ0) is 18.4. The zero-order valence-corrected chi connectivity index (χ0v) is 14.3. The quantitative estimate of drug-likeness (QED) is 0.708. The van der Waals surface area contributed by atoms with Crippen LogP contribution in [0.25, 0.3) is 11.3 Å². The molecule has 2 aromatic rings. The van der Waals surface area contributed by atoms with Crippen LogP contribution in [-0.2, 0) is 11.2 Å². The van der Waals surface area contributed by atoms with Gasteiger partial charge < -0.3 is 5.73 Å². The number of aryl methyl sites for hydroxylation is 1. The summed E-state index contributed by atoms with van der Waals surface area (Å²) in [4.78, 5) is 24.3. The minimum absolute atomic E-state index is 0.281. The third kappa shape index (κ3) is 5.39. The Morgan fingerprint density at radius 1 is 1.36 bits per heavy atom. The summed E-state index contributed by atoms with van der Waals surface area (Å²) in [6.45, 7) is 2.37. The average molecular weight is 347 g/mol. The molecule has 0 bridgehead atoms. The Morgan fingerprint density at radius 3 is 2.68 bits per heavy atom. The largest absolute Gasteiger partial charge is 0.351 e. The number of nitrogens with two attached hydrogens (primary N) is 1. The third-order valence-electron chi connectivity index (χ3n) is 4.01. The summed E-state index contributed by atoms with van der Waals surface area (Å²) < 4.78 is 13.0. The molecule has 0 saturated heterocycles. The van der Waals surface area contributed by atoms with Crippen molar-refractivity contribution in [2.75, 3.05) is 13.6 Å². The minimum Gasteiger partial charge on any atom is -0.351 e. The van der Waals surface area contributed by atoms with E-state index in [1.165, 1.54) is 12.1 Å². The summed E-state index contributed by atoms with van der Waals surface area (Å²) in [5.41, 5.74) is 7.51. The molecular weight excluding hydrogens is 325 g/mol. The van der Waals surface area contributed by atoms with Crippen LogP contribution in [0.2, 0.25) is 0 Å². The Morgan fingerprint density at radius 2 is 2.04 bits per heavy atom.